The van der Waals surface area contributed by atoms with Crippen LogP contribution in [0, 0.1) is 6.92 Å². The number of anilines is 4. The third kappa shape index (κ3) is 7.95. The Kier molecular flexibility index (Phi) is 8.63. The predicted molar refractivity (Wildman–Crippen MR) is 138 cm³/mol. The summed E-state index contributed by atoms with van der Waals surface area (Å²) in [5.41, 5.74) is 1.51. The number of rotatable bonds is 7. The lowest BCUT2D eigenvalue weighted by Crippen LogP contribution is -2.36. The molecule has 4 N–H and O–H groups in total. The average Bonchev–Trinajstić information content (AvgIpc) is 3.19. The number of hydrogen-bond acceptors (Lipinski definition) is 8. The number of oxazole rings is 1. The van der Waals surface area contributed by atoms with Crippen molar-refractivity contribution in [2.75, 3.05) is 52.0 Å². The van der Waals surface area contributed by atoms with E-state index < -0.39 is 17.5 Å². The van der Waals surface area contributed by atoms with E-state index in [9.17, 15) is 18.0 Å². The lowest BCUT2D eigenvalue weighted by molar-refractivity contribution is -0.870. The molecule has 2 aromatic heterocycles. The quantitative estimate of drug-likeness (QED) is 0.256. The fourth-order valence-corrected chi connectivity index (χ4v) is 3.18. The van der Waals surface area contributed by atoms with E-state index in [0.717, 1.165) is 23.2 Å². The second-order valence-electron chi connectivity index (χ2n) is 9.39. The van der Waals surface area contributed by atoms with Crippen molar-refractivity contribution in [3.8, 4) is 5.75 Å². The van der Waals surface area contributed by atoms with Crippen LogP contribution in [0.4, 0.5) is 36.3 Å². The summed E-state index contributed by atoms with van der Waals surface area (Å²) in [7, 11) is 7.44. The summed E-state index contributed by atoms with van der Waals surface area (Å²) in [5.74, 6) is 0.00691. The Bertz CT molecular complexity index is 1440. The number of methoxy groups -OCH3 is 1. The fraction of sp³-hybridized carbons (Fsp3) is 0.320. The van der Waals surface area contributed by atoms with Gasteiger partial charge in [0.25, 0.3) is 0 Å². The number of aliphatic hydroxyl groups excluding tert-OH is 1. The molecule has 38 heavy (non-hydrogen) atoms. The number of aryl methyl sites for hydroxylation is 1. The topological polar surface area (TPSA) is 125 Å². The van der Waals surface area contributed by atoms with Gasteiger partial charge >= 0.3 is 11.9 Å². The lowest BCUT2D eigenvalue weighted by Gasteiger charge is -2.21. The van der Waals surface area contributed by atoms with Gasteiger partial charge in [-0.2, -0.15) is 18.2 Å². The first kappa shape index (κ1) is 28.5. The minimum Gasteiger partial charge on any atom is -0.497 e. The maximum Gasteiger partial charge on any atom is 0.417 e. The van der Waals surface area contributed by atoms with E-state index in [0.29, 0.717) is 28.2 Å². The first-order valence-corrected chi connectivity index (χ1v) is 11.5. The number of alkyl halides is 3. The van der Waals surface area contributed by atoms with Crippen LogP contribution in [0.1, 0.15) is 11.1 Å². The van der Waals surface area contributed by atoms with Gasteiger partial charge in [-0.1, -0.05) is 0 Å². The Balaban J connectivity index is 0.000000505. The number of fused-ring (bicyclic) bond motifs is 1. The number of aromatic nitrogens is 3. The molecule has 0 saturated carbocycles. The van der Waals surface area contributed by atoms with Crippen LogP contribution in [0.5, 0.6) is 5.75 Å². The molecule has 0 aliphatic carbocycles. The molecule has 0 bridgehead atoms. The van der Waals surface area contributed by atoms with E-state index in [-0.39, 0.29) is 24.0 Å². The number of H-pyrrole nitrogens is 1. The van der Waals surface area contributed by atoms with Crippen molar-refractivity contribution < 1.29 is 31.9 Å². The van der Waals surface area contributed by atoms with Crippen LogP contribution in [-0.2, 0) is 6.18 Å². The number of likely N-dealkylation sites (N-methyl/N-ethyl adjacent to an activating group) is 1. The number of halogens is 3. The molecular weight excluding hydrogens is 505 g/mol. The van der Waals surface area contributed by atoms with Crippen molar-refractivity contribution in [3.63, 3.8) is 0 Å². The molecule has 4 aromatic rings. The summed E-state index contributed by atoms with van der Waals surface area (Å²) in [6.07, 6.45) is -3.00. The second-order valence-corrected chi connectivity index (χ2v) is 9.39. The van der Waals surface area contributed by atoms with Crippen LogP contribution >= 0.6 is 0 Å². The van der Waals surface area contributed by atoms with Gasteiger partial charge in [-0.25, -0.2) is 9.78 Å². The number of aromatic amines is 1. The van der Waals surface area contributed by atoms with Crippen LogP contribution in [-0.4, -0.2) is 65.9 Å². The predicted octanol–water partition coefficient (Wildman–Crippen LogP) is 4.42. The molecule has 0 atom stereocenters. The molecule has 0 unspecified atom stereocenters. The molecule has 0 amide bonds. The molecule has 10 nitrogen and oxygen atoms in total. The molecule has 0 fully saturated rings. The Morgan fingerprint density at radius 2 is 1.84 bits per heavy atom. The summed E-state index contributed by atoms with van der Waals surface area (Å²) in [6, 6.07) is 8.26. The van der Waals surface area contributed by atoms with Crippen molar-refractivity contribution >= 4 is 34.2 Å². The summed E-state index contributed by atoms with van der Waals surface area (Å²) in [4.78, 5) is 22.3. The molecule has 4 rings (SSSR count). The summed E-state index contributed by atoms with van der Waals surface area (Å²) in [5, 5.41) is 14.3. The van der Waals surface area contributed by atoms with E-state index in [1.165, 1.54) is 19.4 Å². The Labute approximate surface area is 216 Å². The minimum atomic E-state index is -4.53. The van der Waals surface area contributed by atoms with Gasteiger partial charge in [0.1, 0.15) is 18.1 Å². The van der Waals surface area contributed by atoms with E-state index in [1.54, 1.807) is 25.1 Å². The Hall–Kier alpha value is -4.10. The molecule has 0 spiro atoms. The highest BCUT2D eigenvalue weighted by Gasteiger charge is 2.31. The summed E-state index contributed by atoms with van der Waals surface area (Å²) >= 11 is 0. The number of ether oxygens (including phenoxy) is 1. The van der Waals surface area contributed by atoms with Gasteiger partial charge in [0.05, 0.1) is 45.9 Å². The van der Waals surface area contributed by atoms with Crippen molar-refractivity contribution in [1.29, 1.82) is 0 Å². The van der Waals surface area contributed by atoms with Crippen molar-refractivity contribution in [1.82, 2.24) is 15.0 Å². The van der Waals surface area contributed by atoms with Crippen LogP contribution in [0.25, 0.3) is 11.1 Å². The first-order valence-electron chi connectivity index (χ1n) is 11.5. The summed E-state index contributed by atoms with van der Waals surface area (Å²) < 4.78 is 50.2. The van der Waals surface area contributed by atoms with E-state index in [2.05, 4.69) is 46.7 Å². The number of nitrogens with one attached hydrogen (secondary N) is 3. The summed E-state index contributed by atoms with van der Waals surface area (Å²) in [6.45, 7) is 2.89. The molecule has 0 saturated heterocycles. The molecule has 2 aromatic carbocycles. The van der Waals surface area contributed by atoms with Gasteiger partial charge < -0.3 is 29.4 Å². The highest BCUT2D eigenvalue weighted by atomic mass is 19.4. The Morgan fingerprint density at radius 1 is 1.11 bits per heavy atom. The SMILES string of the molecule is COc1cc(Nc2ncc(C)c(Nc3ccc4oc(=O)[nH]c4c3)n2)cc(C(F)(F)F)c1.C[N+](C)(C)CCO. The minimum absolute atomic E-state index is 0.0465. The average molecular weight is 536 g/mol. The molecule has 0 radical (unpaired) electrons. The fourth-order valence-electron chi connectivity index (χ4n) is 3.18. The maximum atomic E-state index is 13.1. The highest BCUT2D eigenvalue weighted by molar-refractivity contribution is 5.78. The van der Waals surface area contributed by atoms with Crippen LogP contribution < -0.4 is 21.1 Å². The van der Waals surface area contributed by atoms with Crippen molar-refractivity contribution in [2.24, 2.45) is 0 Å². The highest BCUT2D eigenvalue weighted by Crippen LogP contribution is 2.35. The zero-order chi connectivity index (χ0) is 28.1. The maximum absolute atomic E-state index is 13.1. The molecule has 0 aliphatic rings. The Morgan fingerprint density at radius 3 is 2.45 bits per heavy atom. The van der Waals surface area contributed by atoms with Gasteiger partial charge in [-0.3, -0.25) is 4.98 Å². The monoisotopic (exact) mass is 535 g/mol. The first-order chi connectivity index (χ1) is 17.8. The van der Waals surface area contributed by atoms with Crippen molar-refractivity contribution in [2.45, 2.75) is 13.1 Å². The van der Waals surface area contributed by atoms with E-state index in [4.69, 9.17) is 14.3 Å². The zero-order valence-electron chi connectivity index (χ0n) is 21.6. The number of aliphatic hydroxyl groups is 1. The normalized spacial score (nSPS) is 11.6. The smallest absolute Gasteiger partial charge is 0.417 e. The standard InChI is InChI=1S/C20H16F3N5O3.C5H14NO/c1-10-9-24-18(26-13-5-11(20(21,22)23)6-14(7-13)30-2)28-17(10)25-12-3-4-16-15(8-12)27-19(29)31-16;1-6(2,3)4-5-7/h3-9H,1-2H3,(H,27,29)(H2,24,25,26,28);7H,4-5H2,1-3H3/q;+1. The lowest BCUT2D eigenvalue weighted by atomic mass is 10.2. The van der Waals surface area contributed by atoms with Gasteiger partial charge in [0, 0.05) is 29.2 Å². The third-order valence-corrected chi connectivity index (χ3v) is 5.15. The molecule has 204 valence electrons. The molecule has 2 heterocycles. The largest absolute Gasteiger partial charge is 0.497 e. The molecule has 0 aliphatic heterocycles. The van der Waals surface area contributed by atoms with Gasteiger partial charge in [0.2, 0.25) is 5.95 Å². The van der Waals surface area contributed by atoms with Gasteiger partial charge in [-0.05, 0) is 37.3 Å². The van der Waals surface area contributed by atoms with Crippen molar-refractivity contribution in [3.05, 3.63) is 64.3 Å². The third-order valence-electron chi connectivity index (χ3n) is 5.15. The molecule has 13 heteroatoms. The van der Waals surface area contributed by atoms with Gasteiger partial charge in [-0.15, -0.1) is 0 Å². The zero-order valence-corrected chi connectivity index (χ0v) is 21.6. The van der Waals surface area contributed by atoms with Crippen LogP contribution in [0.15, 0.2) is 51.8 Å². The molecular formula is C25H30F3N6O4+. The van der Waals surface area contributed by atoms with Gasteiger partial charge in [0.15, 0.2) is 5.58 Å². The second kappa shape index (κ2) is 11.5. The van der Waals surface area contributed by atoms with Crippen LogP contribution in [0.2, 0.25) is 0 Å². The number of hydrogen-bond donors (Lipinski definition) is 4. The number of quaternary nitrogens is 1. The van der Waals surface area contributed by atoms with Crippen LogP contribution in [0.3, 0.4) is 0 Å². The van der Waals surface area contributed by atoms with E-state index in [1.807, 2.05) is 0 Å². The number of benzene rings is 2. The van der Waals surface area contributed by atoms with E-state index >= 15 is 0 Å². The number of nitrogens with zero attached hydrogens (tertiary/aromatic N) is 3.